The summed E-state index contributed by atoms with van der Waals surface area (Å²) in [5.41, 5.74) is 4.04. The minimum atomic E-state index is 0.985. The van der Waals surface area contributed by atoms with Crippen LogP contribution >= 0.6 is 0 Å². The quantitative estimate of drug-likeness (QED) is 0.352. The summed E-state index contributed by atoms with van der Waals surface area (Å²) in [5.74, 6) is 0. The van der Waals surface area contributed by atoms with Crippen molar-refractivity contribution in [1.82, 2.24) is 0 Å². The van der Waals surface area contributed by atoms with Gasteiger partial charge in [-0.3, -0.25) is 0 Å². The summed E-state index contributed by atoms with van der Waals surface area (Å²) in [6.07, 6.45) is 0.985. The molecule has 4 aromatic rings. The fourth-order valence-corrected chi connectivity index (χ4v) is 3.17. The van der Waals surface area contributed by atoms with E-state index in [4.69, 9.17) is 0 Å². The lowest BCUT2D eigenvalue weighted by atomic mass is 9.96. The van der Waals surface area contributed by atoms with E-state index in [0.29, 0.717) is 0 Å². The molecule has 120 valence electrons. The highest BCUT2D eigenvalue weighted by Crippen LogP contribution is 2.27. The molecule has 0 aliphatic carbocycles. The largest absolute Gasteiger partial charge is 0.0683 e. The first-order valence-electron chi connectivity index (χ1n) is 8.75. The van der Waals surface area contributed by atoms with E-state index in [-0.39, 0.29) is 0 Å². The van der Waals surface area contributed by atoms with Gasteiger partial charge in [-0.1, -0.05) is 98.3 Å². The maximum atomic E-state index is 2.35. The second-order valence-electron chi connectivity index (χ2n) is 6.01. The van der Waals surface area contributed by atoms with Gasteiger partial charge >= 0.3 is 0 Å². The number of hydrogen-bond donors (Lipinski definition) is 0. The summed E-state index contributed by atoms with van der Waals surface area (Å²) < 4.78 is 0. The van der Waals surface area contributed by atoms with Crippen LogP contribution in [0.4, 0.5) is 0 Å². The number of aryl methyl sites for hydroxylation is 1. The zero-order valence-corrected chi connectivity index (χ0v) is 14.7. The van der Waals surface area contributed by atoms with Gasteiger partial charge in [0.25, 0.3) is 0 Å². The van der Waals surface area contributed by atoms with Crippen molar-refractivity contribution in [1.29, 1.82) is 0 Å². The van der Waals surface area contributed by atoms with E-state index in [1.165, 1.54) is 38.2 Å². The Morgan fingerprint density at radius 3 is 2.08 bits per heavy atom. The molecule has 4 rings (SSSR count). The first kappa shape index (κ1) is 16.3. The smallest absolute Gasteiger partial charge is 0.00255 e. The highest BCUT2D eigenvalue weighted by Gasteiger charge is 2.03. The monoisotopic (exact) mass is 312 g/mol. The third-order valence-corrected chi connectivity index (χ3v) is 4.31. The molecule has 0 nitrogen and oxygen atoms in total. The van der Waals surface area contributed by atoms with Crippen LogP contribution in [0.1, 0.15) is 30.5 Å². The Kier molecular flexibility index (Phi) is 4.96. The SMILES string of the molecule is CC.Cc1ccc2c(ccc3ccc(Cc4ccccc4)cc32)c1. The van der Waals surface area contributed by atoms with Gasteiger partial charge in [0.15, 0.2) is 0 Å². The van der Waals surface area contributed by atoms with Crippen molar-refractivity contribution in [2.24, 2.45) is 0 Å². The summed E-state index contributed by atoms with van der Waals surface area (Å²) in [7, 11) is 0. The van der Waals surface area contributed by atoms with E-state index >= 15 is 0 Å². The second-order valence-corrected chi connectivity index (χ2v) is 6.01. The first-order chi connectivity index (χ1) is 11.8. The van der Waals surface area contributed by atoms with Gasteiger partial charge in [-0.05, 0) is 46.0 Å². The topological polar surface area (TPSA) is 0 Å². The van der Waals surface area contributed by atoms with Crippen LogP contribution in [-0.2, 0) is 6.42 Å². The van der Waals surface area contributed by atoms with Crippen LogP contribution in [-0.4, -0.2) is 0 Å². The fraction of sp³-hybridized carbons (Fsp3) is 0.167. The first-order valence-corrected chi connectivity index (χ1v) is 8.75. The summed E-state index contributed by atoms with van der Waals surface area (Å²) >= 11 is 0. The van der Waals surface area contributed by atoms with Crippen LogP contribution < -0.4 is 0 Å². The third kappa shape index (κ3) is 3.33. The zero-order chi connectivity index (χ0) is 16.9. The van der Waals surface area contributed by atoms with Gasteiger partial charge < -0.3 is 0 Å². The molecule has 0 saturated carbocycles. The summed E-state index contributed by atoms with van der Waals surface area (Å²) in [4.78, 5) is 0. The summed E-state index contributed by atoms with van der Waals surface area (Å²) in [6.45, 7) is 6.15. The normalized spacial score (nSPS) is 10.5. The summed E-state index contributed by atoms with van der Waals surface area (Å²) in [5, 5.41) is 5.33. The van der Waals surface area contributed by atoms with Crippen molar-refractivity contribution in [2.45, 2.75) is 27.2 Å². The van der Waals surface area contributed by atoms with Crippen LogP contribution in [0.3, 0.4) is 0 Å². The molecule has 0 saturated heterocycles. The molecule has 0 heteroatoms. The Bertz CT molecular complexity index is 949. The van der Waals surface area contributed by atoms with Gasteiger partial charge in [0.05, 0.1) is 0 Å². The van der Waals surface area contributed by atoms with E-state index in [9.17, 15) is 0 Å². The average molecular weight is 312 g/mol. The zero-order valence-electron chi connectivity index (χ0n) is 14.7. The summed E-state index contributed by atoms with van der Waals surface area (Å²) in [6, 6.07) is 28.7. The van der Waals surface area contributed by atoms with Crippen LogP contribution in [0.25, 0.3) is 21.5 Å². The molecule has 0 aromatic heterocycles. The highest BCUT2D eigenvalue weighted by molar-refractivity contribution is 6.07. The Morgan fingerprint density at radius 1 is 0.583 bits per heavy atom. The van der Waals surface area contributed by atoms with Gasteiger partial charge in [-0.25, -0.2) is 0 Å². The minimum Gasteiger partial charge on any atom is -0.0683 e. The molecular weight excluding hydrogens is 288 g/mol. The van der Waals surface area contributed by atoms with Crippen LogP contribution in [0.5, 0.6) is 0 Å². The van der Waals surface area contributed by atoms with Crippen molar-refractivity contribution >= 4 is 21.5 Å². The molecule has 4 aromatic carbocycles. The second kappa shape index (κ2) is 7.31. The maximum absolute atomic E-state index is 2.35. The van der Waals surface area contributed by atoms with Crippen molar-refractivity contribution in [2.75, 3.05) is 0 Å². The Morgan fingerprint density at radius 2 is 1.29 bits per heavy atom. The lowest BCUT2D eigenvalue weighted by Gasteiger charge is -2.08. The lowest BCUT2D eigenvalue weighted by molar-refractivity contribution is 1.20. The molecule has 0 amide bonds. The minimum absolute atomic E-state index is 0.985. The Hall–Kier alpha value is -2.60. The molecule has 0 fully saturated rings. The molecule has 0 radical (unpaired) electrons. The van der Waals surface area contributed by atoms with Crippen molar-refractivity contribution < 1.29 is 0 Å². The van der Waals surface area contributed by atoms with E-state index in [2.05, 4.69) is 85.8 Å². The van der Waals surface area contributed by atoms with E-state index in [1.807, 2.05) is 13.8 Å². The molecule has 0 unspecified atom stereocenters. The molecule has 0 atom stereocenters. The van der Waals surface area contributed by atoms with Gasteiger partial charge in [0.1, 0.15) is 0 Å². The molecule has 0 heterocycles. The van der Waals surface area contributed by atoms with Crippen molar-refractivity contribution in [3.05, 3.63) is 95.6 Å². The molecule has 0 aliphatic heterocycles. The highest BCUT2D eigenvalue weighted by atomic mass is 14.1. The maximum Gasteiger partial charge on any atom is -0.00255 e. The molecular formula is C24H24. The van der Waals surface area contributed by atoms with Crippen molar-refractivity contribution in [3.63, 3.8) is 0 Å². The predicted molar refractivity (Wildman–Crippen MR) is 107 cm³/mol. The van der Waals surface area contributed by atoms with Gasteiger partial charge in [0.2, 0.25) is 0 Å². The van der Waals surface area contributed by atoms with Gasteiger partial charge in [-0.15, -0.1) is 0 Å². The van der Waals surface area contributed by atoms with E-state index in [1.54, 1.807) is 0 Å². The van der Waals surface area contributed by atoms with Crippen LogP contribution in [0, 0.1) is 6.92 Å². The van der Waals surface area contributed by atoms with Crippen LogP contribution in [0.15, 0.2) is 78.9 Å². The fourth-order valence-electron chi connectivity index (χ4n) is 3.17. The van der Waals surface area contributed by atoms with Crippen LogP contribution in [0.2, 0.25) is 0 Å². The lowest BCUT2D eigenvalue weighted by Crippen LogP contribution is -1.88. The number of benzene rings is 4. The van der Waals surface area contributed by atoms with Crippen molar-refractivity contribution in [3.8, 4) is 0 Å². The average Bonchev–Trinajstić information content (AvgIpc) is 2.64. The van der Waals surface area contributed by atoms with E-state index < -0.39 is 0 Å². The number of hydrogen-bond acceptors (Lipinski definition) is 0. The van der Waals surface area contributed by atoms with Gasteiger partial charge in [0, 0.05) is 0 Å². The number of rotatable bonds is 2. The predicted octanol–water partition coefficient (Wildman–Crippen LogP) is 6.92. The molecule has 0 aliphatic rings. The number of fused-ring (bicyclic) bond motifs is 3. The molecule has 0 bridgehead atoms. The Balaban J connectivity index is 0.000000815. The van der Waals surface area contributed by atoms with E-state index in [0.717, 1.165) is 6.42 Å². The third-order valence-electron chi connectivity index (χ3n) is 4.31. The molecule has 0 spiro atoms. The molecule has 0 N–H and O–H groups in total. The Labute approximate surface area is 144 Å². The molecule has 24 heavy (non-hydrogen) atoms. The standard InChI is InChI=1S/C22H18.C2H6/c1-16-7-12-21-20(13-16)11-10-19-9-8-18(15-22(19)21)14-17-5-3-2-4-6-17;1-2/h2-13,15H,14H2,1H3;1-2H3. The van der Waals surface area contributed by atoms with Gasteiger partial charge in [-0.2, -0.15) is 0 Å².